The summed E-state index contributed by atoms with van der Waals surface area (Å²) in [5.74, 6) is -1.22. The minimum Gasteiger partial charge on any atom is -0.454 e. The van der Waals surface area contributed by atoms with Crippen molar-refractivity contribution < 1.29 is 49.3 Å². The number of aliphatic hydroxyl groups excluding tert-OH is 5. The van der Waals surface area contributed by atoms with E-state index in [0.717, 1.165) is 83.5 Å². The first-order chi connectivity index (χ1) is 35.7. The highest BCUT2D eigenvalue weighted by Crippen LogP contribution is 2.26. The van der Waals surface area contributed by atoms with Gasteiger partial charge in [0.25, 0.3) is 0 Å². The van der Waals surface area contributed by atoms with Gasteiger partial charge in [0.15, 0.2) is 12.4 Å². The molecule has 1 aliphatic heterocycles. The van der Waals surface area contributed by atoms with Crippen LogP contribution in [0, 0.1) is 0 Å². The summed E-state index contributed by atoms with van der Waals surface area (Å²) < 4.78 is 17.6. The quantitative estimate of drug-likeness (QED) is 0.0195. The monoisotopic (exact) mass is 1030 g/mol. The summed E-state index contributed by atoms with van der Waals surface area (Å²) in [4.78, 5) is 26.5. The van der Waals surface area contributed by atoms with Crippen molar-refractivity contribution in [3.8, 4) is 0 Å². The van der Waals surface area contributed by atoms with E-state index in [9.17, 15) is 35.1 Å². The summed E-state index contributed by atoms with van der Waals surface area (Å²) in [7, 11) is 0. The lowest BCUT2D eigenvalue weighted by atomic mass is 9.99. The Balaban J connectivity index is 2.67. The SMILES string of the molecule is CCCCC/C=C\C/C=C\C/C=C\CCCCCCCCCCC(=O)OC1C(OCC(NC(=O)C(O)CCCC/C=C\CCCCCCCC)C(O)/C=C/CCCCCCCCCCC)OC(CO)C(O)C1O. The Morgan fingerprint density at radius 2 is 0.945 bits per heavy atom. The second-order valence-corrected chi connectivity index (χ2v) is 20.7. The molecular weight excluding hydrogens is 919 g/mol. The summed E-state index contributed by atoms with van der Waals surface area (Å²) in [6.07, 6.45) is 51.2. The fourth-order valence-electron chi connectivity index (χ4n) is 9.06. The van der Waals surface area contributed by atoms with Gasteiger partial charge in [0, 0.05) is 6.42 Å². The van der Waals surface area contributed by atoms with Crippen LogP contribution in [0.1, 0.15) is 258 Å². The van der Waals surface area contributed by atoms with E-state index in [-0.39, 0.29) is 19.4 Å². The van der Waals surface area contributed by atoms with Crippen LogP contribution < -0.4 is 5.32 Å². The number of unbranched alkanes of at least 4 members (excludes halogenated alkanes) is 28. The molecule has 0 aromatic carbocycles. The van der Waals surface area contributed by atoms with Gasteiger partial charge in [0.1, 0.15) is 24.4 Å². The molecule has 424 valence electrons. The number of nitrogens with one attached hydrogen (secondary N) is 1. The van der Waals surface area contributed by atoms with Crippen LogP contribution in [0.5, 0.6) is 0 Å². The normalized spacial score (nSPS) is 19.8. The van der Waals surface area contributed by atoms with E-state index in [1.807, 2.05) is 6.08 Å². The first-order valence-electron chi connectivity index (χ1n) is 30.1. The van der Waals surface area contributed by atoms with Gasteiger partial charge in [0.05, 0.1) is 25.4 Å². The minimum absolute atomic E-state index is 0.112. The zero-order chi connectivity index (χ0) is 53.3. The van der Waals surface area contributed by atoms with Gasteiger partial charge in [-0.25, -0.2) is 0 Å². The van der Waals surface area contributed by atoms with Crippen LogP contribution in [0.15, 0.2) is 60.8 Å². The van der Waals surface area contributed by atoms with E-state index in [2.05, 4.69) is 74.7 Å². The summed E-state index contributed by atoms with van der Waals surface area (Å²) in [6, 6.07) is -1.03. The zero-order valence-corrected chi connectivity index (χ0v) is 46.7. The number of esters is 1. The Hall–Kier alpha value is -2.64. The number of aliphatic hydroxyl groups is 5. The molecule has 1 rings (SSSR count). The van der Waals surface area contributed by atoms with Crippen molar-refractivity contribution in [1.29, 1.82) is 0 Å². The van der Waals surface area contributed by atoms with Crippen molar-refractivity contribution in [1.82, 2.24) is 5.32 Å². The molecule has 11 heteroatoms. The van der Waals surface area contributed by atoms with Gasteiger partial charge < -0.3 is 45.1 Å². The molecule has 0 aliphatic carbocycles. The first kappa shape index (κ1) is 68.4. The summed E-state index contributed by atoms with van der Waals surface area (Å²) in [6.45, 7) is 5.72. The Labute approximate surface area is 446 Å². The van der Waals surface area contributed by atoms with Crippen molar-refractivity contribution in [2.75, 3.05) is 13.2 Å². The number of allylic oxidation sites excluding steroid dienone is 9. The van der Waals surface area contributed by atoms with E-state index in [4.69, 9.17) is 14.2 Å². The van der Waals surface area contributed by atoms with Crippen LogP contribution in [-0.4, -0.2) is 99.6 Å². The molecule has 0 aromatic rings. The highest BCUT2D eigenvalue weighted by atomic mass is 16.7. The second kappa shape index (κ2) is 50.2. The molecule has 1 saturated heterocycles. The van der Waals surface area contributed by atoms with Crippen LogP contribution in [0.2, 0.25) is 0 Å². The lowest BCUT2D eigenvalue weighted by molar-refractivity contribution is -0.305. The highest BCUT2D eigenvalue weighted by Gasteiger charge is 2.47. The minimum atomic E-state index is -1.62. The molecule has 8 atom stereocenters. The highest BCUT2D eigenvalue weighted by molar-refractivity contribution is 5.80. The maximum absolute atomic E-state index is 13.3. The molecule has 6 N–H and O–H groups in total. The van der Waals surface area contributed by atoms with Crippen molar-refractivity contribution >= 4 is 11.9 Å². The lowest BCUT2D eigenvalue weighted by Crippen LogP contribution is -2.61. The number of carbonyl (C=O) groups excluding carboxylic acids is 2. The van der Waals surface area contributed by atoms with E-state index < -0.39 is 67.4 Å². The summed E-state index contributed by atoms with van der Waals surface area (Å²) in [5, 5.41) is 56.8. The summed E-state index contributed by atoms with van der Waals surface area (Å²) >= 11 is 0. The van der Waals surface area contributed by atoms with Gasteiger partial charge in [-0.15, -0.1) is 0 Å². The fourth-order valence-corrected chi connectivity index (χ4v) is 9.06. The number of hydrogen-bond donors (Lipinski definition) is 6. The largest absolute Gasteiger partial charge is 0.454 e. The van der Waals surface area contributed by atoms with E-state index >= 15 is 0 Å². The smallest absolute Gasteiger partial charge is 0.306 e. The van der Waals surface area contributed by atoms with Crippen molar-refractivity contribution in [3.05, 3.63) is 60.8 Å². The summed E-state index contributed by atoms with van der Waals surface area (Å²) in [5.41, 5.74) is 0. The Bertz CT molecular complexity index is 1420. The van der Waals surface area contributed by atoms with Gasteiger partial charge in [-0.1, -0.05) is 223 Å². The third-order valence-electron chi connectivity index (χ3n) is 13.9. The molecule has 8 unspecified atom stereocenters. The molecule has 0 spiro atoms. The molecular formula is C62H111NO10. The van der Waals surface area contributed by atoms with Gasteiger partial charge in [-0.2, -0.15) is 0 Å². The number of rotatable bonds is 50. The molecule has 1 aliphatic rings. The topological polar surface area (TPSA) is 175 Å². The molecule has 0 bridgehead atoms. The van der Waals surface area contributed by atoms with Gasteiger partial charge in [-0.05, 0) is 89.9 Å². The molecule has 1 fully saturated rings. The average Bonchev–Trinajstić information content (AvgIpc) is 3.39. The number of hydrogen-bond acceptors (Lipinski definition) is 10. The van der Waals surface area contributed by atoms with Crippen LogP contribution in [0.3, 0.4) is 0 Å². The maximum Gasteiger partial charge on any atom is 0.306 e. The first-order valence-corrected chi connectivity index (χ1v) is 30.1. The Kier molecular flexibility index (Phi) is 47.0. The lowest BCUT2D eigenvalue weighted by Gasteiger charge is -2.41. The molecule has 0 saturated carbocycles. The number of amides is 1. The Morgan fingerprint density at radius 1 is 0.534 bits per heavy atom. The van der Waals surface area contributed by atoms with E-state index in [1.54, 1.807) is 6.08 Å². The van der Waals surface area contributed by atoms with Crippen LogP contribution in [0.4, 0.5) is 0 Å². The molecule has 0 radical (unpaired) electrons. The third kappa shape index (κ3) is 38.5. The molecule has 1 heterocycles. The average molecular weight is 1030 g/mol. The van der Waals surface area contributed by atoms with E-state index in [0.29, 0.717) is 12.8 Å². The van der Waals surface area contributed by atoms with E-state index in [1.165, 1.54) is 128 Å². The number of carbonyl (C=O) groups is 2. The standard InChI is InChI=1S/C62H111NO10/c1-4-7-10-13-16-19-22-24-25-26-27-28-29-30-31-32-35-38-41-44-47-50-57(67)73-60-59(69)58(68)56(51-64)72-62(60)71-52-53(54(65)48-45-42-39-36-33-21-18-15-12-9-6-3)63-61(70)55(66)49-46-43-40-37-34-23-20-17-14-11-8-5-2/h16,19,24-25,27-28,34,37,45,48,53-56,58-60,62,64-66,68-69H,4-15,17-18,20-23,26,29-33,35-36,38-44,46-47,49-52H2,1-3H3,(H,63,70)/b19-16-,25-24-,28-27-,37-34-,48-45+. The number of ether oxygens (including phenoxy) is 3. The van der Waals surface area contributed by atoms with Crippen molar-refractivity contribution in [2.45, 2.75) is 307 Å². The van der Waals surface area contributed by atoms with Gasteiger partial charge >= 0.3 is 5.97 Å². The third-order valence-corrected chi connectivity index (χ3v) is 13.9. The van der Waals surface area contributed by atoms with Gasteiger partial charge in [0.2, 0.25) is 5.91 Å². The van der Waals surface area contributed by atoms with Crippen molar-refractivity contribution in [3.63, 3.8) is 0 Å². The second-order valence-electron chi connectivity index (χ2n) is 20.7. The van der Waals surface area contributed by atoms with Gasteiger partial charge in [-0.3, -0.25) is 9.59 Å². The Morgan fingerprint density at radius 3 is 1.45 bits per heavy atom. The fraction of sp³-hybridized carbons (Fsp3) is 0.806. The molecule has 73 heavy (non-hydrogen) atoms. The van der Waals surface area contributed by atoms with Crippen LogP contribution in [0.25, 0.3) is 0 Å². The van der Waals surface area contributed by atoms with Crippen LogP contribution in [-0.2, 0) is 23.8 Å². The van der Waals surface area contributed by atoms with Crippen molar-refractivity contribution in [2.24, 2.45) is 0 Å². The molecule has 1 amide bonds. The maximum atomic E-state index is 13.3. The predicted molar refractivity (Wildman–Crippen MR) is 301 cm³/mol. The zero-order valence-electron chi connectivity index (χ0n) is 46.7. The van der Waals surface area contributed by atoms with Crippen LogP contribution >= 0.6 is 0 Å². The predicted octanol–water partition coefficient (Wildman–Crippen LogP) is 13.8. The molecule has 0 aromatic heterocycles. The molecule has 11 nitrogen and oxygen atoms in total.